The first-order chi connectivity index (χ1) is 27.9. The van der Waals surface area contributed by atoms with E-state index in [2.05, 4.69) is 56.0 Å². The lowest BCUT2D eigenvalue weighted by atomic mass is 10.2. The highest BCUT2D eigenvalue weighted by molar-refractivity contribution is 5.92. The normalized spacial score (nSPS) is 16.2. The van der Waals surface area contributed by atoms with E-state index in [1.54, 1.807) is 17.1 Å². The average molecular weight is 763 g/mol. The molecule has 0 aliphatic carbocycles. The highest BCUT2D eigenvalue weighted by Crippen LogP contribution is 2.24. The number of hydrogen-bond acceptors (Lipinski definition) is 9. The number of imidazole rings is 2. The van der Waals surface area contributed by atoms with E-state index in [1.165, 1.54) is 12.5 Å². The van der Waals surface area contributed by atoms with Crippen molar-refractivity contribution in [3.63, 3.8) is 0 Å². The number of carbonyl (C=O) groups excluding carboxylic acids is 1. The highest BCUT2D eigenvalue weighted by atomic mass is 16.4. The lowest BCUT2D eigenvalue weighted by molar-refractivity contribution is 0.0690. The smallest absolute Gasteiger partial charge is 0.356 e. The molecule has 10 rings (SSSR count). The Balaban J connectivity index is 0.000000132. The number of rotatable bonds is 7. The van der Waals surface area contributed by atoms with Gasteiger partial charge < -0.3 is 43.9 Å². The minimum Gasteiger partial charge on any atom is -0.476 e. The number of aromatic nitrogens is 8. The van der Waals surface area contributed by atoms with Crippen molar-refractivity contribution < 1.29 is 14.7 Å². The SMILES string of the molecule is N[C@H]1CCN(c2nccn3cccc23)C1.O=C(N[C@H]1CCN(c2nccn3cccc23)C1)c1cn(-c2ccccc2)cn1.O=C(O)c1cn(-c2ccccc2)cn1. The van der Waals surface area contributed by atoms with Gasteiger partial charge in [-0.1, -0.05) is 36.4 Å². The number of anilines is 2. The van der Waals surface area contributed by atoms with Crippen LogP contribution in [0.3, 0.4) is 0 Å². The van der Waals surface area contributed by atoms with Gasteiger partial charge in [-0.25, -0.2) is 24.7 Å². The molecule has 2 saturated heterocycles. The van der Waals surface area contributed by atoms with Gasteiger partial charge in [0.25, 0.3) is 5.91 Å². The van der Waals surface area contributed by atoms with Crippen LogP contribution in [-0.4, -0.2) is 93.1 Å². The maximum Gasteiger partial charge on any atom is 0.356 e. The van der Waals surface area contributed by atoms with Gasteiger partial charge >= 0.3 is 5.97 Å². The van der Waals surface area contributed by atoms with Crippen molar-refractivity contribution in [1.29, 1.82) is 0 Å². The molecule has 0 unspecified atom stereocenters. The van der Waals surface area contributed by atoms with Crippen LogP contribution in [-0.2, 0) is 0 Å². The number of para-hydroxylation sites is 2. The van der Waals surface area contributed by atoms with Gasteiger partial charge in [-0.05, 0) is 61.4 Å². The molecule has 15 nitrogen and oxygen atoms in total. The summed E-state index contributed by atoms with van der Waals surface area (Å²) in [4.78, 5) is 44.7. The van der Waals surface area contributed by atoms with E-state index in [0.717, 1.165) is 73.1 Å². The molecule has 2 aromatic carbocycles. The highest BCUT2D eigenvalue weighted by Gasteiger charge is 2.27. The summed E-state index contributed by atoms with van der Waals surface area (Å²) in [5.41, 5.74) is 10.5. The van der Waals surface area contributed by atoms with E-state index in [1.807, 2.05) is 115 Å². The Labute approximate surface area is 328 Å². The van der Waals surface area contributed by atoms with E-state index in [0.29, 0.717) is 11.7 Å². The van der Waals surface area contributed by atoms with Crippen LogP contribution in [0.4, 0.5) is 11.6 Å². The van der Waals surface area contributed by atoms with Crippen LogP contribution in [0.1, 0.15) is 33.8 Å². The molecule has 2 aliphatic rings. The Hall–Kier alpha value is -7.26. The summed E-state index contributed by atoms with van der Waals surface area (Å²) in [5.74, 6) is 0.850. The quantitative estimate of drug-likeness (QED) is 0.202. The van der Waals surface area contributed by atoms with Gasteiger partial charge in [-0.15, -0.1) is 0 Å². The molecule has 4 N–H and O–H groups in total. The zero-order valence-corrected chi connectivity index (χ0v) is 31.1. The summed E-state index contributed by atoms with van der Waals surface area (Å²) in [6, 6.07) is 27.8. The van der Waals surface area contributed by atoms with Crippen LogP contribution in [0.15, 0.2) is 147 Å². The standard InChI is InChI=1S/C21H20N6O.C11H14N4.C10H8N2O2/c28-21(18-14-27(15-23-18)17-5-2-1-3-6-17)24-16-8-11-26(13-16)20-19-7-4-10-25(19)12-9-22-20;12-9-3-6-15(8-9)11-10-2-1-5-14(10)7-4-13-11;13-10(14)9-6-12(7-11-9)8-4-2-1-3-5-8/h1-7,9-10,12,14-16H,8,11,13H2,(H,24,28);1-2,4-5,7,9H,3,6,8,12H2;1-7H,(H,13,14)/t16-;9-;/m00./s1. The van der Waals surface area contributed by atoms with Gasteiger partial charge in [0.15, 0.2) is 17.3 Å². The summed E-state index contributed by atoms with van der Waals surface area (Å²) in [6.45, 7) is 3.53. The second-order valence-corrected chi connectivity index (χ2v) is 13.8. The van der Waals surface area contributed by atoms with Gasteiger partial charge in [0.05, 0.1) is 11.0 Å². The number of aromatic carboxylic acids is 1. The molecular weight excluding hydrogens is 721 g/mol. The zero-order valence-electron chi connectivity index (χ0n) is 31.1. The molecule has 15 heteroatoms. The second-order valence-electron chi connectivity index (χ2n) is 13.8. The maximum absolute atomic E-state index is 12.6. The third-order valence-corrected chi connectivity index (χ3v) is 9.94. The molecular formula is C42H42N12O3. The van der Waals surface area contributed by atoms with Gasteiger partial charge in [-0.3, -0.25) is 4.79 Å². The van der Waals surface area contributed by atoms with Crippen molar-refractivity contribution >= 4 is 34.5 Å². The fourth-order valence-electron chi connectivity index (χ4n) is 7.06. The van der Waals surface area contributed by atoms with Gasteiger partial charge in [0.1, 0.15) is 18.3 Å². The first-order valence-corrected chi connectivity index (χ1v) is 18.7. The number of nitrogens with zero attached hydrogens (tertiary/aromatic N) is 10. The van der Waals surface area contributed by atoms with Crippen molar-refractivity contribution in [2.24, 2.45) is 5.73 Å². The van der Waals surface area contributed by atoms with Crippen molar-refractivity contribution in [2.75, 3.05) is 36.0 Å². The monoisotopic (exact) mass is 762 g/mol. The zero-order chi connectivity index (χ0) is 39.1. The van der Waals surface area contributed by atoms with E-state index in [9.17, 15) is 9.59 Å². The van der Waals surface area contributed by atoms with Crippen molar-refractivity contribution in [3.8, 4) is 11.4 Å². The number of carboxylic acid groups (broad SMARTS) is 1. The molecule has 0 saturated carbocycles. The van der Waals surface area contributed by atoms with Gasteiger partial charge in [0.2, 0.25) is 0 Å². The number of carboxylic acids is 1. The van der Waals surface area contributed by atoms with Crippen LogP contribution in [0.2, 0.25) is 0 Å². The fourth-order valence-corrected chi connectivity index (χ4v) is 7.06. The Morgan fingerprint density at radius 2 is 1.16 bits per heavy atom. The second kappa shape index (κ2) is 16.6. The first kappa shape index (κ1) is 36.7. The molecule has 8 aromatic rings. The predicted molar refractivity (Wildman–Crippen MR) is 217 cm³/mol. The Morgan fingerprint density at radius 3 is 1.68 bits per heavy atom. The molecule has 2 aliphatic heterocycles. The molecule has 0 spiro atoms. The van der Waals surface area contributed by atoms with Crippen molar-refractivity contribution in [1.82, 2.24) is 43.2 Å². The number of hydrogen-bond donors (Lipinski definition) is 3. The number of nitrogens with one attached hydrogen (secondary N) is 1. The maximum atomic E-state index is 12.6. The molecule has 57 heavy (non-hydrogen) atoms. The van der Waals surface area contributed by atoms with E-state index >= 15 is 0 Å². The number of nitrogens with two attached hydrogens (primary N) is 1. The molecule has 6 aromatic heterocycles. The molecule has 2 fully saturated rings. The van der Waals surface area contributed by atoms with Crippen LogP contribution >= 0.6 is 0 Å². The number of amides is 1. The van der Waals surface area contributed by atoms with Crippen LogP contribution in [0, 0.1) is 0 Å². The topological polar surface area (TPSA) is 169 Å². The molecule has 1 amide bonds. The summed E-state index contributed by atoms with van der Waals surface area (Å²) in [6.07, 6.45) is 20.0. The lowest BCUT2D eigenvalue weighted by Crippen LogP contribution is -2.37. The largest absolute Gasteiger partial charge is 0.476 e. The van der Waals surface area contributed by atoms with Crippen LogP contribution in [0.25, 0.3) is 22.4 Å². The van der Waals surface area contributed by atoms with Gasteiger partial charge in [0, 0.05) is 99.2 Å². The molecule has 0 radical (unpaired) electrons. The van der Waals surface area contributed by atoms with Gasteiger partial charge in [-0.2, -0.15) is 0 Å². The summed E-state index contributed by atoms with van der Waals surface area (Å²) in [5, 5.41) is 11.8. The minimum atomic E-state index is -1.01. The first-order valence-electron chi connectivity index (χ1n) is 18.7. The molecule has 2 atom stereocenters. The number of fused-ring (bicyclic) bond motifs is 2. The third kappa shape index (κ3) is 8.38. The van der Waals surface area contributed by atoms with E-state index in [4.69, 9.17) is 10.8 Å². The summed E-state index contributed by atoms with van der Waals surface area (Å²) < 4.78 is 7.67. The lowest BCUT2D eigenvalue weighted by Gasteiger charge is -2.18. The number of carbonyl (C=O) groups is 2. The van der Waals surface area contributed by atoms with Crippen molar-refractivity contribution in [3.05, 3.63) is 159 Å². The predicted octanol–water partition coefficient (Wildman–Crippen LogP) is 4.97. The van der Waals surface area contributed by atoms with E-state index < -0.39 is 5.97 Å². The summed E-state index contributed by atoms with van der Waals surface area (Å²) in [7, 11) is 0. The average Bonchev–Trinajstić information content (AvgIpc) is 4.10. The molecule has 288 valence electrons. The third-order valence-electron chi connectivity index (χ3n) is 9.94. The Kier molecular flexibility index (Phi) is 10.7. The van der Waals surface area contributed by atoms with Crippen LogP contribution in [0.5, 0.6) is 0 Å². The molecule has 0 bridgehead atoms. The fraction of sp³-hybridized carbons (Fsp3) is 0.190. The minimum absolute atomic E-state index is 0.0499. The Morgan fingerprint density at radius 1 is 0.632 bits per heavy atom. The Bertz CT molecular complexity index is 2580. The van der Waals surface area contributed by atoms with Crippen LogP contribution < -0.4 is 20.9 Å². The summed E-state index contributed by atoms with van der Waals surface area (Å²) >= 11 is 0. The molecule has 8 heterocycles. The van der Waals surface area contributed by atoms with Crippen molar-refractivity contribution in [2.45, 2.75) is 24.9 Å². The number of benzene rings is 2. The van der Waals surface area contributed by atoms with E-state index in [-0.39, 0.29) is 17.6 Å².